The predicted molar refractivity (Wildman–Crippen MR) is 74.1 cm³/mol. The van der Waals surface area contributed by atoms with Gasteiger partial charge in [0.05, 0.1) is 19.2 Å². The van der Waals surface area contributed by atoms with E-state index in [1.165, 1.54) is 13.4 Å². The van der Waals surface area contributed by atoms with Crippen LogP contribution in [-0.2, 0) is 11.3 Å². The van der Waals surface area contributed by atoms with Crippen molar-refractivity contribution in [2.45, 2.75) is 26.4 Å². The second-order valence-corrected chi connectivity index (χ2v) is 5.20. The second-order valence-electron chi connectivity index (χ2n) is 5.20. The predicted octanol–water partition coefficient (Wildman–Crippen LogP) is 1.74. The van der Waals surface area contributed by atoms with Crippen LogP contribution < -0.4 is 5.32 Å². The number of likely N-dealkylation sites (N-methyl/N-ethyl adjacent to an activating group) is 1. The lowest BCUT2D eigenvalue weighted by Gasteiger charge is -2.28. The van der Waals surface area contributed by atoms with Crippen molar-refractivity contribution >= 4 is 5.97 Å². The van der Waals surface area contributed by atoms with E-state index in [9.17, 15) is 4.79 Å². The van der Waals surface area contributed by atoms with Gasteiger partial charge in [0.2, 0.25) is 0 Å². The number of rotatable bonds is 7. The highest BCUT2D eigenvalue weighted by Gasteiger charge is 2.15. The van der Waals surface area contributed by atoms with Crippen LogP contribution in [0.4, 0.5) is 0 Å². The van der Waals surface area contributed by atoms with Gasteiger partial charge >= 0.3 is 5.97 Å². The summed E-state index contributed by atoms with van der Waals surface area (Å²) in [4.78, 5) is 13.5. The molecule has 0 saturated heterocycles. The summed E-state index contributed by atoms with van der Waals surface area (Å²) in [5, 5.41) is 3.35. The molecule has 0 aliphatic heterocycles. The van der Waals surface area contributed by atoms with Gasteiger partial charge in [-0.2, -0.15) is 0 Å². The van der Waals surface area contributed by atoms with Crippen molar-refractivity contribution in [3.63, 3.8) is 0 Å². The maximum atomic E-state index is 11.3. The van der Waals surface area contributed by atoms with Gasteiger partial charge in [0.1, 0.15) is 12.0 Å². The molecule has 1 atom stereocenters. The number of methoxy groups -OCH3 is 1. The van der Waals surface area contributed by atoms with Crippen molar-refractivity contribution in [2.75, 3.05) is 27.7 Å². The first-order chi connectivity index (χ1) is 8.95. The highest BCUT2D eigenvalue weighted by molar-refractivity contribution is 5.88. The van der Waals surface area contributed by atoms with E-state index in [1.807, 2.05) is 0 Å². The molecule has 108 valence electrons. The Bertz CT molecular complexity index is 391. The van der Waals surface area contributed by atoms with E-state index in [0.29, 0.717) is 24.1 Å². The molecule has 0 amide bonds. The van der Waals surface area contributed by atoms with E-state index in [2.05, 4.69) is 42.9 Å². The lowest BCUT2D eigenvalue weighted by molar-refractivity contribution is 0.0600. The van der Waals surface area contributed by atoms with Crippen LogP contribution in [0.2, 0.25) is 0 Å². The summed E-state index contributed by atoms with van der Waals surface area (Å²) in [7, 11) is 5.51. The first kappa shape index (κ1) is 15.7. The quantitative estimate of drug-likeness (QED) is 0.763. The summed E-state index contributed by atoms with van der Waals surface area (Å²) in [6.45, 7) is 5.89. The summed E-state index contributed by atoms with van der Waals surface area (Å²) < 4.78 is 9.94. The van der Waals surface area contributed by atoms with Crippen molar-refractivity contribution in [3.8, 4) is 0 Å². The van der Waals surface area contributed by atoms with Crippen LogP contribution in [0, 0.1) is 5.92 Å². The highest BCUT2D eigenvalue weighted by Crippen LogP contribution is 2.10. The number of furan rings is 1. The van der Waals surface area contributed by atoms with Gasteiger partial charge in [0.25, 0.3) is 0 Å². The van der Waals surface area contributed by atoms with Gasteiger partial charge in [-0.15, -0.1) is 0 Å². The smallest absolute Gasteiger partial charge is 0.341 e. The molecule has 1 heterocycles. The number of hydrogen-bond acceptors (Lipinski definition) is 5. The molecule has 5 nitrogen and oxygen atoms in total. The molecule has 0 spiro atoms. The summed E-state index contributed by atoms with van der Waals surface area (Å²) >= 11 is 0. The Balaban J connectivity index is 2.44. The third-order valence-electron chi connectivity index (χ3n) is 3.16. The number of hydrogen-bond donors (Lipinski definition) is 1. The van der Waals surface area contributed by atoms with Crippen molar-refractivity contribution < 1.29 is 13.9 Å². The summed E-state index contributed by atoms with van der Waals surface area (Å²) in [5.41, 5.74) is 0.451. The van der Waals surface area contributed by atoms with E-state index in [0.717, 1.165) is 12.3 Å². The number of esters is 1. The van der Waals surface area contributed by atoms with E-state index >= 15 is 0 Å². The minimum Gasteiger partial charge on any atom is -0.467 e. The first-order valence-corrected chi connectivity index (χ1v) is 6.48. The average Bonchev–Trinajstić information content (AvgIpc) is 2.81. The van der Waals surface area contributed by atoms with E-state index in [1.54, 1.807) is 6.07 Å². The van der Waals surface area contributed by atoms with Gasteiger partial charge in [0, 0.05) is 12.6 Å². The van der Waals surface area contributed by atoms with Gasteiger partial charge in [-0.3, -0.25) is 0 Å². The molecule has 1 unspecified atom stereocenters. The Kier molecular flexibility index (Phi) is 6.05. The van der Waals surface area contributed by atoms with Crippen LogP contribution in [-0.4, -0.2) is 44.7 Å². The second kappa shape index (κ2) is 7.31. The van der Waals surface area contributed by atoms with Crippen molar-refractivity contribution in [1.82, 2.24) is 10.2 Å². The van der Waals surface area contributed by atoms with Gasteiger partial charge in [0.15, 0.2) is 0 Å². The zero-order chi connectivity index (χ0) is 14.4. The van der Waals surface area contributed by atoms with Crippen LogP contribution in [0.3, 0.4) is 0 Å². The summed E-state index contributed by atoms with van der Waals surface area (Å²) in [6.07, 6.45) is 1.43. The number of carbonyl (C=O) groups is 1. The fraction of sp³-hybridized carbons (Fsp3) is 0.643. The number of nitrogens with one attached hydrogen (secondary N) is 1. The largest absolute Gasteiger partial charge is 0.467 e. The van der Waals surface area contributed by atoms with Crippen LogP contribution >= 0.6 is 0 Å². The molecule has 1 aromatic heterocycles. The number of nitrogens with zero attached hydrogens (tertiary/aromatic N) is 1. The lowest BCUT2D eigenvalue weighted by atomic mass is 10.0. The minimum atomic E-state index is -0.372. The lowest BCUT2D eigenvalue weighted by Crippen LogP contribution is -2.41. The summed E-state index contributed by atoms with van der Waals surface area (Å²) in [6, 6.07) is 2.17. The Morgan fingerprint density at radius 1 is 1.47 bits per heavy atom. The normalized spacial score (nSPS) is 13.0. The monoisotopic (exact) mass is 268 g/mol. The molecule has 1 aromatic rings. The van der Waals surface area contributed by atoms with Crippen molar-refractivity contribution in [3.05, 3.63) is 23.7 Å². The highest BCUT2D eigenvalue weighted by atomic mass is 16.5. The third-order valence-corrected chi connectivity index (χ3v) is 3.16. The maximum Gasteiger partial charge on any atom is 0.341 e. The molecular weight excluding hydrogens is 244 g/mol. The standard InChI is InChI=1S/C14H24N2O3/c1-10(2)13(16(3)4)8-15-7-12-6-11(9-19-12)14(17)18-5/h6,9-10,13,15H,7-8H2,1-5H3. The Morgan fingerprint density at radius 3 is 2.68 bits per heavy atom. The SMILES string of the molecule is COC(=O)c1coc(CNCC(C(C)C)N(C)C)c1. The summed E-state index contributed by atoms with van der Waals surface area (Å²) in [5.74, 6) is 0.940. The Hall–Kier alpha value is -1.33. The van der Waals surface area contributed by atoms with E-state index in [-0.39, 0.29) is 5.97 Å². The first-order valence-electron chi connectivity index (χ1n) is 6.48. The molecule has 1 N–H and O–H groups in total. The molecular formula is C14H24N2O3. The van der Waals surface area contributed by atoms with Crippen LogP contribution in [0.1, 0.15) is 30.0 Å². The molecule has 1 rings (SSSR count). The zero-order valence-corrected chi connectivity index (χ0v) is 12.4. The van der Waals surface area contributed by atoms with Gasteiger partial charge in [-0.25, -0.2) is 4.79 Å². The maximum absolute atomic E-state index is 11.3. The Labute approximate surface area is 114 Å². The third kappa shape index (κ3) is 4.69. The van der Waals surface area contributed by atoms with Crippen LogP contribution in [0.15, 0.2) is 16.7 Å². The zero-order valence-electron chi connectivity index (χ0n) is 12.4. The molecule has 0 radical (unpaired) electrons. The Morgan fingerprint density at radius 2 is 2.16 bits per heavy atom. The molecule has 5 heteroatoms. The topological polar surface area (TPSA) is 54.7 Å². The molecule has 0 fully saturated rings. The van der Waals surface area contributed by atoms with Gasteiger partial charge in [-0.05, 0) is 26.1 Å². The molecule has 0 aromatic carbocycles. The fourth-order valence-electron chi connectivity index (χ4n) is 2.06. The van der Waals surface area contributed by atoms with E-state index in [4.69, 9.17) is 4.42 Å². The molecule has 19 heavy (non-hydrogen) atoms. The van der Waals surface area contributed by atoms with Crippen LogP contribution in [0.25, 0.3) is 0 Å². The molecule has 0 saturated carbocycles. The van der Waals surface area contributed by atoms with Gasteiger partial charge < -0.3 is 19.4 Å². The molecule has 0 aliphatic carbocycles. The van der Waals surface area contributed by atoms with E-state index < -0.39 is 0 Å². The van der Waals surface area contributed by atoms with Gasteiger partial charge in [-0.1, -0.05) is 13.8 Å². The minimum absolute atomic E-state index is 0.372. The number of ether oxygens (including phenoxy) is 1. The molecule has 0 aliphatic rings. The average molecular weight is 268 g/mol. The molecule has 0 bridgehead atoms. The van der Waals surface area contributed by atoms with Crippen molar-refractivity contribution in [2.24, 2.45) is 5.92 Å². The van der Waals surface area contributed by atoms with Crippen molar-refractivity contribution in [1.29, 1.82) is 0 Å². The fourth-order valence-corrected chi connectivity index (χ4v) is 2.06. The van der Waals surface area contributed by atoms with Crippen LogP contribution in [0.5, 0.6) is 0 Å². The number of carbonyl (C=O) groups excluding carboxylic acids is 1.